The third-order valence-electron chi connectivity index (χ3n) is 4.69. The lowest BCUT2D eigenvalue weighted by molar-refractivity contribution is -0.137. The van der Waals surface area contributed by atoms with E-state index in [1.807, 2.05) is 24.3 Å². The highest BCUT2D eigenvalue weighted by atomic mass is 19.4. The molecule has 1 aromatic heterocycles. The van der Waals surface area contributed by atoms with E-state index in [9.17, 15) is 13.2 Å². The van der Waals surface area contributed by atoms with E-state index in [1.165, 1.54) is 12.1 Å². The Morgan fingerprint density at radius 2 is 1.62 bits per heavy atom. The van der Waals surface area contributed by atoms with E-state index >= 15 is 0 Å². The molecular formula is C21H24F3N5. The van der Waals surface area contributed by atoms with Crippen molar-refractivity contribution in [1.82, 2.24) is 14.9 Å². The molecule has 8 heteroatoms. The van der Waals surface area contributed by atoms with Crippen molar-refractivity contribution in [3.8, 4) is 0 Å². The van der Waals surface area contributed by atoms with Gasteiger partial charge in [0, 0.05) is 24.2 Å². The molecule has 0 aliphatic carbocycles. The van der Waals surface area contributed by atoms with Gasteiger partial charge in [0.2, 0.25) is 5.95 Å². The first-order valence-corrected chi connectivity index (χ1v) is 9.58. The summed E-state index contributed by atoms with van der Waals surface area (Å²) in [4.78, 5) is 11.3. The molecule has 29 heavy (non-hydrogen) atoms. The summed E-state index contributed by atoms with van der Waals surface area (Å²) in [6.45, 7) is 7.80. The zero-order valence-electron chi connectivity index (χ0n) is 16.4. The molecule has 0 saturated carbocycles. The van der Waals surface area contributed by atoms with Crippen LogP contribution in [0, 0.1) is 0 Å². The number of halogens is 3. The lowest BCUT2D eigenvalue weighted by Gasteiger charge is -2.19. The van der Waals surface area contributed by atoms with Crippen LogP contribution in [-0.4, -0.2) is 41.0 Å². The molecule has 0 spiro atoms. The quantitative estimate of drug-likeness (QED) is 0.545. The second kappa shape index (κ2) is 9.09. The van der Waals surface area contributed by atoms with Crippen LogP contribution in [0.5, 0.6) is 0 Å². The van der Waals surface area contributed by atoms with Gasteiger partial charge in [0.15, 0.2) is 0 Å². The second-order valence-corrected chi connectivity index (χ2v) is 6.57. The van der Waals surface area contributed by atoms with Crippen LogP contribution in [0.2, 0.25) is 0 Å². The SMILES string of the molecule is CCN(CC)CCNc1nc(Nc2ccc(C(F)(F)F)cc2)nc2ccccc12. The molecule has 0 amide bonds. The summed E-state index contributed by atoms with van der Waals surface area (Å²) in [5.41, 5.74) is 0.547. The summed E-state index contributed by atoms with van der Waals surface area (Å²) in [7, 11) is 0. The number of likely N-dealkylation sites (N-methyl/N-ethyl adjacent to an activating group) is 1. The lowest BCUT2D eigenvalue weighted by Crippen LogP contribution is -2.28. The normalized spacial score (nSPS) is 11.8. The van der Waals surface area contributed by atoms with Gasteiger partial charge in [-0.3, -0.25) is 0 Å². The molecule has 2 aromatic carbocycles. The van der Waals surface area contributed by atoms with Gasteiger partial charge in [-0.1, -0.05) is 26.0 Å². The Balaban J connectivity index is 1.81. The fourth-order valence-electron chi connectivity index (χ4n) is 3.01. The molecule has 0 bridgehead atoms. The monoisotopic (exact) mass is 403 g/mol. The Labute approximate surface area is 168 Å². The van der Waals surface area contributed by atoms with Crippen molar-refractivity contribution in [1.29, 1.82) is 0 Å². The zero-order chi connectivity index (χ0) is 20.9. The summed E-state index contributed by atoms with van der Waals surface area (Å²) < 4.78 is 38.2. The van der Waals surface area contributed by atoms with E-state index in [0.717, 1.165) is 49.2 Å². The smallest absolute Gasteiger partial charge is 0.368 e. The van der Waals surface area contributed by atoms with E-state index in [2.05, 4.69) is 39.3 Å². The summed E-state index contributed by atoms with van der Waals surface area (Å²) in [6, 6.07) is 12.4. The van der Waals surface area contributed by atoms with E-state index in [0.29, 0.717) is 17.5 Å². The number of fused-ring (bicyclic) bond motifs is 1. The first-order valence-electron chi connectivity index (χ1n) is 9.58. The van der Waals surface area contributed by atoms with Crippen LogP contribution >= 0.6 is 0 Å². The number of hydrogen-bond acceptors (Lipinski definition) is 5. The van der Waals surface area contributed by atoms with Crippen LogP contribution in [-0.2, 0) is 6.18 Å². The molecular weight excluding hydrogens is 379 g/mol. The Kier molecular flexibility index (Phi) is 6.53. The number of hydrogen-bond donors (Lipinski definition) is 2. The minimum absolute atomic E-state index is 0.328. The molecule has 0 unspecified atom stereocenters. The van der Waals surface area contributed by atoms with Crippen molar-refractivity contribution >= 4 is 28.4 Å². The number of nitrogens with one attached hydrogen (secondary N) is 2. The van der Waals surface area contributed by atoms with E-state index in [1.54, 1.807) is 0 Å². The molecule has 3 rings (SSSR count). The maximum atomic E-state index is 12.7. The van der Waals surface area contributed by atoms with Gasteiger partial charge in [-0.25, -0.2) is 4.98 Å². The highest BCUT2D eigenvalue weighted by Crippen LogP contribution is 2.30. The number of rotatable bonds is 8. The predicted molar refractivity (Wildman–Crippen MR) is 111 cm³/mol. The van der Waals surface area contributed by atoms with Crippen LogP contribution < -0.4 is 10.6 Å². The Morgan fingerprint density at radius 1 is 0.931 bits per heavy atom. The number of nitrogens with zero attached hydrogens (tertiary/aromatic N) is 3. The maximum absolute atomic E-state index is 12.7. The molecule has 154 valence electrons. The van der Waals surface area contributed by atoms with Crippen molar-refractivity contribution in [2.75, 3.05) is 36.8 Å². The van der Waals surface area contributed by atoms with Gasteiger partial charge in [-0.2, -0.15) is 18.2 Å². The van der Waals surface area contributed by atoms with Gasteiger partial charge in [0.1, 0.15) is 5.82 Å². The molecule has 0 saturated heterocycles. The minimum Gasteiger partial charge on any atom is -0.368 e. The fraction of sp³-hybridized carbons (Fsp3) is 0.333. The number of aromatic nitrogens is 2. The summed E-state index contributed by atoms with van der Waals surface area (Å²) in [6.07, 6.45) is -4.36. The highest BCUT2D eigenvalue weighted by Gasteiger charge is 2.29. The molecule has 3 aromatic rings. The molecule has 0 radical (unpaired) electrons. The third kappa shape index (κ3) is 5.35. The van der Waals surface area contributed by atoms with Crippen molar-refractivity contribution < 1.29 is 13.2 Å². The largest absolute Gasteiger partial charge is 0.416 e. The first kappa shape index (κ1) is 20.9. The van der Waals surface area contributed by atoms with Gasteiger partial charge in [-0.15, -0.1) is 0 Å². The van der Waals surface area contributed by atoms with Crippen LogP contribution in [0.1, 0.15) is 19.4 Å². The molecule has 0 fully saturated rings. The fourth-order valence-corrected chi connectivity index (χ4v) is 3.01. The van der Waals surface area contributed by atoms with Crippen LogP contribution in [0.3, 0.4) is 0 Å². The minimum atomic E-state index is -4.36. The van der Waals surface area contributed by atoms with E-state index < -0.39 is 11.7 Å². The second-order valence-electron chi connectivity index (χ2n) is 6.57. The standard InChI is InChI=1S/C21H24F3N5/c1-3-29(4-2)14-13-25-19-17-7-5-6-8-18(17)27-20(28-19)26-16-11-9-15(10-12-16)21(22,23)24/h5-12H,3-4,13-14H2,1-2H3,(H2,25,26,27,28). The van der Waals surface area contributed by atoms with Crippen LogP contribution in [0.15, 0.2) is 48.5 Å². The topological polar surface area (TPSA) is 53.1 Å². The van der Waals surface area contributed by atoms with Crippen LogP contribution in [0.4, 0.5) is 30.6 Å². The third-order valence-corrected chi connectivity index (χ3v) is 4.69. The Morgan fingerprint density at radius 3 is 2.28 bits per heavy atom. The number of benzene rings is 2. The molecule has 0 aliphatic heterocycles. The number of para-hydroxylation sites is 1. The average Bonchev–Trinajstić information content (AvgIpc) is 2.71. The van der Waals surface area contributed by atoms with Crippen molar-refractivity contribution in [2.24, 2.45) is 0 Å². The Hall–Kier alpha value is -2.87. The lowest BCUT2D eigenvalue weighted by atomic mass is 10.2. The predicted octanol–water partition coefficient (Wildman–Crippen LogP) is 5.15. The summed E-state index contributed by atoms with van der Waals surface area (Å²) >= 11 is 0. The highest BCUT2D eigenvalue weighted by molar-refractivity contribution is 5.90. The van der Waals surface area contributed by atoms with Gasteiger partial charge >= 0.3 is 6.18 Å². The average molecular weight is 403 g/mol. The van der Waals surface area contributed by atoms with E-state index in [-0.39, 0.29) is 0 Å². The summed E-state index contributed by atoms with van der Waals surface area (Å²) in [5.74, 6) is 1.02. The number of anilines is 3. The van der Waals surface area contributed by atoms with Crippen LogP contribution in [0.25, 0.3) is 10.9 Å². The zero-order valence-corrected chi connectivity index (χ0v) is 16.4. The molecule has 0 atom stereocenters. The van der Waals surface area contributed by atoms with Crippen molar-refractivity contribution in [3.63, 3.8) is 0 Å². The molecule has 2 N–H and O–H groups in total. The van der Waals surface area contributed by atoms with E-state index in [4.69, 9.17) is 0 Å². The summed E-state index contributed by atoms with van der Waals surface area (Å²) in [5, 5.41) is 7.25. The van der Waals surface area contributed by atoms with Gasteiger partial charge in [0.25, 0.3) is 0 Å². The molecule has 5 nitrogen and oxygen atoms in total. The van der Waals surface area contributed by atoms with Gasteiger partial charge in [-0.05, 0) is 49.5 Å². The van der Waals surface area contributed by atoms with Gasteiger partial charge in [0.05, 0.1) is 11.1 Å². The van der Waals surface area contributed by atoms with Crippen molar-refractivity contribution in [3.05, 3.63) is 54.1 Å². The Bertz CT molecular complexity index is 937. The molecule has 0 aliphatic rings. The molecule has 1 heterocycles. The maximum Gasteiger partial charge on any atom is 0.416 e. The van der Waals surface area contributed by atoms with Gasteiger partial charge < -0.3 is 15.5 Å². The first-order chi connectivity index (χ1) is 13.9. The van der Waals surface area contributed by atoms with Crippen molar-refractivity contribution in [2.45, 2.75) is 20.0 Å². The number of alkyl halides is 3.